The fourth-order valence-electron chi connectivity index (χ4n) is 1.99. The number of rotatable bonds is 6. The molecule has 0 spiro atoms. The highest BCUT2D eigenvalue weighted by atomic mass is 16.5. The Bertz CT molecular complexity index is 556. The van der Waals surface area contributed by atoms with Gasteiger partial charge in [0.1, 0.15) is 18.6 Å². The summed E-state index contributed by atoms with van der Waals surface area (Å²) < 4.78 is 6.71. The quantitative estimate of drug-likeness (QED) is 0.848. The van der Waals surface area contributed by atoms with Crippen LogP contribution in [0.1, 0.15) is 24.9 Å². The first kappa shape index (κ1) is 14.0. The van der Waals surface area contributed by atoms with Crippen LogP contribution in [0.2, 0.25) is 0 Å². The summed E-state index contributed by atoms with van der Waals surface area (Å²) in [5.74, 6) is 0.622. The van der Waals surface area contributed by atoms with Crippen molar-refractivity contribution in [2.75, 3.05) is 7.11 Å². The predicted octanol–water partition coefficient (Wildman–Crippen LogP) is 0.949. The lowest BCUT2D eigenvalue weighted by Crippen LogP contribution is -2.31. The molecule has 1 heterocycles. The first-order valence-electron chi connectivity index (χ1n) is 6.37. The maximum absolute atomic E-state index is 12.0. The van der Waals surface area contributed by atoms with Crippen molar-refractivity contribution >= 4 is 5.91 Å². The van der Waals surface area contributed by atoms with E-state index in [2.05, 4.69) is 20.8 Å². The minimum atomic E-state index is -0.143. The number of aromatic nitrogens is 4. The van der Waals surface area contributed by atoms with E-state index in [-0.39, 0.29) is 18.5 Å². The average Bonchev–Trinajstić information content (AvgIpc) is 2.97. The van der Waals surface area contributed by atoms with Crippen LogP contribution >= 0.6 is 0 Å². The molecule has 0 bridgehead atoms. The predicted molar refractivity (Wildman–Crippen MR) is 72.0 cm³/mol. The normalized spacial score (nSPS) is 11.9. The summed E-state index contributed by atoms with van der Waals surface area (Å²) in [5.41, 5.74) is 0.961. The van der Waals surface area contributed by atoms with Crippen LogP contribution in [0.25, 0.3) is 0 Å². The van der Waals surface area contributed by atoms with E-state index < -0.39 is 0 Å². The molecule has 106 valence electrons. The van der Waals surface area contributed by atoms with E-state index in [1.165, 1.54) is 11.0 Å². The van der Waals surface area contributed by atoms with E-state index >= 15 is 0 Å². The van der Waals surface area contributed by atoms with Crippen LogP contribution in [-0.2, 0) is 11.3 Å². The van der Waals surface area contributed by atoms with Gasteiger partial charge < -0.3 is 10.1 Å². The summed E-state index contributed by atoms with van der Waals surface area (Å²) in [7, 11) is 1.62. The number of hydrogen-bond donors (Lipinski definition) is 1. The van der Waals surface area contributed by atoms with Gasteiger partial charge in [-0.2, -0.15) is 0 Å². The molecule has 1 unspecified atom stereocenters. The molecule has 1 amide bonds. The zero-order valence-electron chi connectivity index (χ0n) is 11.5. The number of carbonyl (C=O) groups excluding carboxylic acids is 1. The van der Waals surface area contributed by atoms with Gasteiger partial charge in [0.25, 0.3) is 0 Å². The molecule has 0 saturated heterocycles. The molecule has 1 aromatic heterocycles. The van der Waals surface area contributed by atoms with Gasteiger partial charge >= 0.3 is 0 Å². The Morgan fingerprint density at radius 1 is 1.45 bits per heavy atom. The monoisotopic (exact) mass is 275 g/mol. The lowest BCUT2D eigenvalue weighted by Gasteiger charge is -2.19. The Morgan fingerprint density at radius 2 is 2.25 bits per heavy atom. The van der Waals surface area contributed by atoms with Crippen LogP contribution in [0.15, 0.2) is 30.6 Å². The third-order valence-corrected chi connectivity index (χ3v) is 2.95. The van der Waals surface area contributed by atoms with Gasteiger partial charge in [0, 0.05) is 5.56 Å². The van der Waals surface area contributed by atoms with Crippen molar-refractivity contribution in [2.45, 2.75) is 25.9 Å². The number of benzene rings is 1. The maximum Gasteiger partial charge on any atom is 0.242 e. The van der Waals surface area contributed by atoms with Crippen LogP contribution in [-0.4, -0.2) is 33.2 Å². The molecule has 0 aliphatic heterocycles. The van der Waals surface area contributed by atoms with Crippen LogP contribution in [0.5, 0.6) is 5.75 Å². The molecule has 1 atom stereocenters. The second-order valence-corrected chi connectivity index (χ2v) is 4.28. The summed E-state index contributed by atoms with van der Waals surface area (Å²) in [5, 5.41) is 13.6. The first-order chi connectivity index (χ1) is 9.74. The fraction of sp³-hybridized carbons (Fsp3) is 0.385. The van der Waals surface area contributed by atoms with E-state index in [0.29, 0.717) is 0 Å². The van der Waals surface area contributed by atoms with Crippen molar-refractivity contribution in [3.05, 3.63) is 36.2 Å². The largest absolute Gasteiger partial charge is 0.496 e. The molecule has 2 rings (SSSR count). The summed E-state index contributed by atoms with van der Waals surface area (Å²) in [6.07, 6.45) is 2.17. The van der Waals surface area contributed by atoms with Gasteiger partial charge in [0.15, 0.2) is 0 Å². The number of carbonyl (C=O) groups is 1. The highest BCUT2D eigenvalue weighted by molar-refractivity contribution is 5.76. The van der Waals surface area contributed by atoms with E-state index in [9.17, 15) is 4.79 Å². The topological polar surface area (TPSA) is 81.9 Å². The number of tetrazole rings is 1. The van der Waals surface area contributed by atoms with Crippen LogP contribution in [0.4, 0.5) is 0 Å². The Morgan fingerprint density at radius 3 is 2.90 bits per heavy atom. The number of para-hydroxylation sites is 1. The number of hydrogen-bond acceptors (Lipinski definition) is 5. The third kappa shape index (κ3) is 3.31. The highest BCUT2D eigenvalue weighted by Crippen LogP contribution is 2.26. The number of methoxy groups -OCH3 is 1. The lowest BCUT2D eigenvalue weighted by molar-refractivity contribution is -0.122. The van der Waals surface area contributed by atoms with Crippen LogP contribution < -0.4 is 10.1 Å². The molecule has 1 N–H and O–H groups in total. The van der Waals surface area contributed by atoms with Crippen molar-refractivity contribution in [3.63, 3.8) is 0 Å². The van der Waals surface area contributed by atoms with E-state index in [0.717, 1.165) is 17.7 Å². The lowest BCUT2D eigenvalue weighted by atomic mass is 10.0. The zero-order valence-corrected chi connectivity index (χ0v) is 11.5. The molecule has 2 aromatic rings. The molecule has 1 aromatic carbocycles. The minimum absolute atomic E-state index is 0.0959. The van der Waals surface area contributed by atoms with Crippen molar-refractivity contribution < 1.29 is 9.53 Å². The van der Waals surface area contributed by atoms with Crippen molar-refractivity contribution in [1.29, 1.82) is 0 Å². The summed E-state index contributed by atoms with van der Waals surface area (Å²) in [4.78, 5) is 12.0. The fourth-order valence-corrected chi connectivity index (χ4v) is 1.99. The average molecular weight is 275 g/mol. The number of nitrogens with zero attached hydrogens (tertiary/aromatic N) is 4. The minimum Gasteiger partial charge on any atom is -0.496 e. The SMILES string of the molecule is CCC(NC(=O)Cn1cnnn1)c1ccccc1OC. The van der Waals surface area contributed by atoms with Gasteiger partial charge in [-0.15, -0.1) is 5.10 Å². The molecular weight excluding hydrogens is 258 g/mol. The molecule has 0 saturated carbocycles. The van der Waals surface area contributed by atoms with Gasteiger partial charge in [-0.25, -0.2) is 4.68 Å². The summed E-state index contributed by atoms with van der Waals surface area (Å²) >= 11 is 0. The number of amides is 1. The van der Waals surface area contributed by atoms with Gasteiger partial charge in [0.05, 0.1) is 13.2 Å². The summed E-state index contributed by atoms with van der Waals surface area (Å²) in [6, 6.07) is 7.55. The Balaban J connectivity index is 2.06. The second kappa shape index (κ2) is 6.65. The van der Waals surface area contributed by atoms with E-state index in [4.69, 9.17) is 4.74 Å². The van der Waals surface area contributed by atoms with Gasteiger partial charge in [-0.05, 0) is 22.9 Å². The standard InChI is InChI=1S/C13H17N5O2/c1-3-11(10-6-4-5-7-12(10)20-2)15-13(19)8-18-9-14-16-17-18/h4-7,9,11H,3,8H2,1-2H3,(H,15,19). The van der Waals surface area contributed by atoms with Gasteiger partial charge in [-0.1, -0.05) is 25.1 Å². The van der Waals surface area contributed by atoms with Gasteiger partial charge in [0.2, 0.25) is 5.91 Å². The Labute approximate surface area is 116 Å². The first-order valence-corrected chi connectivity index (χ1v) is 6.37. The van der Waals surface area contributed by atoms with E-state index in [1.54, 1.807) is 7.11 Å². The third-order valence-electron chi connectivity index (χ3n) is 2.95. The Hall–Kier alpha value is -2.44. The van der Waals surface area contributed by atoms with Gasteiger partial charge in [-0.3, -0.25) is 4.79 Å². The Kier molecular flexibility index (Phi) is 4.65. The maximum atomic E-state index is 12.0. The van der Waals surface area contributed by atoms with Crippen LogP contribution in [0, 0.1) is 0 Å². The smallest absolute Gasteiger partial charge is 0.242 e. The van der Waals surface area contributed by atoms with Crippen molar-refractivity contribution in [3.8, 4) is 5.75 Å². The molecule has 7 nitrogen and oxygen atoms in total. The van der Waals surface area contributed by atoms with Crippen molar-refractivity contribution in [2.24, 2.45) is 0 Å². The number of nitrogens with one attached hydrogen (secondary N) is 1. The molecule has 20 heavy (non-hydrogen) atoms. The summed E-state index contributed by atoms with van der Waals surface area (Å²) in [6.45, 7) is 2.10. The number of ether oxygens (including phenoxy) is 1. The zero-order chi connectivity index (χ0) is 14.4. The molecule has 0 aliphatic rings. The van der Waals surface area contributed by atoms with Crippen molar-refractivity contribution in [1.82, 2.24) is 25.5 Å². The molecule has 7 heteroatoms. The van der Waals surface area contributed by atoms with Crippen LogP contribution in [0.3, 0.4) is 0 Å². The molecule has 0 fully saturated rings. The highest BCUT2D eigenvalue weighted by Gasteiger charge is 2.16. The molecular formula is C13H17N5O2. The molecule has 0 radical (unpaired) electrons. The molecule has 0 aliphatic carbocycles. The second-order valence-electron chi connectivity index (χ2n) is 4.28. The van der Waals surface area contributed by atoms with E-state index in [1.807, 2.05) is 31.2 Å².